The van der Waals surface area contributed by atoms with Crippen LogP contribution in [0.25, 0.3) is 0 Å². The van der Waals surface area contributed by atoms with Crippen molar-refractivity contribution in [1.82, 2.24) is 9.97 Å². The Labute approximate surface area is 63.1 Å². The molecule has 0 aliphatic carbocycles. The molecule has 0 unspecified atom stereocenters. The van der Waals surface area contributed by atoms with Crippen LogP contribution in [0.4, 0.5) is 0 Å². The van der Waals surface area contributed by atoms with Crippen molar-refractivity contribution in [1.29, 1.82) is 0 Å². The summed E-state index contributed by atoms with van der Waals surface area (Å²) in [4.78, 5) is 6.92. The van der Waals surface area contributed by atoms with Crippen molar-refractivity contribution in [3.8, 4) is 0 Å². The van der Waals surface area contributed by atoms with Gasteiger partial charge in [-0.1, -0.05) is 0 Å². The van der Waals surface area contributed by atoms with Crippen molar-refractivity contribution < 1.29 is 15.6 Å². The Morgan fingerprint density at radius 2 is 2.11 bits per heavy atom. The Balaban J connectivity index is 0.000000291. The average molecular weight is 174 g/mol. The molecular formula is C6H10CuN2. The van der Waals surface area contributed by atoms with Gasteiger partial charge in [0.15, 0.2) is 0 Å². The van der Waals surface area contributed by atoms with E-state index in [1.807, 2.05) is 13.8 Å². The molecule has 1 aromatic heterocycles. The number of rotatable bonds is 0. The predicted molar refractivity (Wildman–Crippen MR) is 35.2 cm³/mol. The quantitative estimate of drug-likeness (QED) is 0.583. The van der Waals surface area contributed by atoms with E-state index in [4.69, 9.17) is 0 Å². The number of aromatic nitrogens is 2. The number of aryl methyl sites for hydroxylation is 2. The first-order valence-corrected chi connectivity index (χ1v) is 3.15. The summed E-state index contributed by atoms with van der Waals surface area (Å²) in [6, 6.07) is 0. The molecule has 3 heteroatoms. The fourth-order valence-corrected chi connectivity index (χ4v) is 0.427. The number of aromatic amines is 1. The van der Waals surface area contributed by atoms with Crippen LogP contribution in [0.2, 0.25) is 0 Å². The van der Waals surface area contributed by atoms with E-state index < -0.39 is 0 Å². The van der Waals surface area contributed by atoms with Gasteiger partial charge in [-0.05, 0) is 13.8 Å². The van der Waals surface area contributed by atoms with Gasteiger partial charge in [0.25, 0.3) is 0 Å². The molecular weight excluding hydrogens is 164 g/mol. The second-order valence-electron chi connectivity index (χ2n) is 1.61. The molecule has 0 spiro atoms. The second-order valence-corrected chi connectivity index (χ2v) is 1.61. The maximum absolute atomic E-state index is 3.96. The molecule has 55 valence electrons. The topological polar surface area (TPSA) is 28.7 Å². The average Bonchev–Trinajstić information content (AvgIpc) is 2.23. The van der Waals surface area contributed by atoms with Crippen molar-refractivity contribution in [3.63, 3.8) is 0 Å². The van der Waals surface area contributed by atoms with Gasteiger partial charge >= 0.3 is 21.0 Å². The Kier molecular flexibility index (Phi) is 4.28. The summed E-state index contributed by atoms with van der Waals surface area (Å²) in [7, 11) is 0. The summed E-state index contributed by atoms with van der Waals surface area (Å²) in [6.07, 6.45) is 1.70. The zero-order chi connectivity index (χ0) is 7.28. The van der Waals surface area contributed by atoms with Crippen LogP contribution < -0.4 is 0 Å². The van der Waals surface area contributed by atoms with Crippen molar-refractivity contribution in [2.24, 2.45) is 0 Å². The number of hydrogen-bond donors (Lipinski definition) is 1. The van der Waals surface area contributed by atoms with E-state index in [1.165, 1.54) is 0 Å². The predicted octanol–water partition coefficient (Wildman–Crippen LogP) is 0.992. The van der Waals surface area contributed by atoms with Crippen LogP contribution in [-0.4, -0.2) is 15.4 Å². The summed E-state index contributed by atoms with van der Waals surface area (Å²) < 4.78 is 0. The van der Waals surface area contributed by atoms with Gasteiger partial charge < -0.3 is 4.98 Å². The van der Waals surface area contributed by atoms with E-state index in [1.54, 1.807) is 6.33 Å². The molecule has 0 radical (unpaired) electrons. The van der Waals surface area contributed by atoms with Crippen LogP contribution in [0.15, 0.2) is 6.33 Å². The Bertz CT molecular complexity index is 155. The zero-order valence-electron chi connectivity index (χ0n) is 5.53. The van der Waals surface area contributed by atoms with Crippen LogP contribution in [0.1, 0.15) is 11.4 Å². The molecule has 0 aromatic carbocycles. The van der Waals surface area contributed by atoms with E-state index in [2.05, 4.69) is 31.0 Å². The summed E-state index contributed by atoms with van der Waals surface area (Å²) in [5, 5.41) is 0. The Morgan fingerprint density at radius 3 is 2.22 bits per heavy atom. The number of hydrogen-bond acceptors (Lipinski definition) is 1. The monoisotopic (exact) mass is 173 g/mol. The fraction of sp³-hybridized carbons (Fsp3) is 0.333. The van der Waals surface area contributed by atoms with Gasteiger partial charge in [-0.25, -0.2) is 4.98 Å². The third-order valence-electron chi connectivity index (χ3n) is 1.08. The van der Waals surface area contributed by atoms with Gasteiger partial charge in [0.1, 0.15) is 0 Å². The van der Waals surface area contributed by atoms with Crippen LogP contribution in [0, 0.1) is 13.8 Å². The van der Waals surface area contributed by atoms with Gasteiger partial charge in [-0.2, -0.15) is 0 Å². The van der Waals surface area contributed by atoms with E-state index in [0.717, 1.165) is 11.4 Å². The normalized spacial score (nSPS) is 8.00. The molecule has 0 fully saturated rings. The first kappa shape index (κ1) is 8.60. The van der Waals surface area contributed by atoms with Crippen LogP contribution in [0.5, 0.6) is 0 Å². The third-order valence-corrected chi connectivity index (χ3v) is 1.08. The molecule has 0 bridgehead atoms. The number of H-pyrrole nitrogens is 1. The van der Waals surface area contributed by atoms with Gasteiger partial charge in [-0.3, -0.25) is 0 Å². The summed E-state index contributed by atoms with van der Waals surface area (Å²) in [5.74, 6) is 0. The molecule has 1 heterocycles. The second kappa shape index (κ2) is 4.48. The minimum absolute atomic E-state index is 1.08. The minimum atomic E-state index is 1.08. The van der Waals surface area contributed by atoms with Crippen molar-refractivity contribution in [3.05, 3.63) is 17.7 Å². The van der Waals surface area contributed by atoms with Gasteiger partial charge in [0.2, 0.25) is 0 Å². The van der Waals surface area contributed by atoms with Crippen LogP contribution in [0.3, 0.4) is 0 Å². The SMILES string of the molecule is Cc1nc[nH]c1C.[CH2]=[Cu]. The fourth-order valence-electron chi connectivity index (χ4n) is 0.427. The molecule has 0 amide bonds. The van der Waals surface area contributed by atoms with Gasteiger partial charge in [-0.15, -0.1) is 0 Å². The molecule has 1 aromatic rings. The number of nitrogens with zero attached hydrogens (tertiary/aromatic N) is 1. The van der Waals surface area contributed by atoms with Crippen molar-refractivity contribution in [2.75, 3.05) is 0 Å². The Hall–Kier alpha value is -0.401. The molecule has 2 nitrogen and oxygen atoms in total. The molecule has 0 saturated heterocycles. The zero-order valence-corrected chi connectivity index (χ0v) is 6.47. The first-order chi connectivity index (χ1) is 4.30. The van der Waals surface area contributed by atoms with E-state index in [-0.39, 0.29) is 0 Å². The molecule has 1 N–H and O–H groups in total. The number of nitrogens with one attached hydrogen (secondary N) is 1. The van der Waals surface area contributed by atoms with Crippen molar-refractivity contribution in [2.45, 2.75) is 13.8 Å². The molecule has 0 aliphatic rings. The van der Waals surface area contributed by atoms with E-state index >= 15 is 0 Å². The van der Waals surface area contributed by atoms with Crippen molar-refractivity contribution >= 4 is 5.42 Å². The van der Waals surface area contributed by atoms with Gasteiger partial charge in [0, 0.05) is 5.69 Å². The number of imidazole rings is 1. The van der Waals surface area contributed by atoms with Crippen LogP contribution >= 0.6 is 0 Å². The third kappa shape index (κ3) is 2.59. The molecule has 0 aliphatic heterocycles. The standard InChI is InChI=1S/C5H8N2.CH2.Cu/c1-4-5(2)7-3-6-4;;/h3H,1-2H3,(H,6,7);1H2;. The summed E-state index contributed by atoms with van der Waals surface area (Å²) >= 11 is 3.94. The molecule has 9 heavy (non-hydrogen) atoms. The summed E-state index contributed by atoms with van der Waals surface area (Å²) in [6.45, 7) is 3.98. The summed E-state index contributed by atoms with van der Waals surface area (Å²) in [5.41, 5.74) is 5.05. The first-order valence-electron chi connectivity index (χ1n) is 2.48. The molecule has 1 rings (SSSR count). The van der Waals surface area contributed by atoms with Crippen LogP contribution in [-0.2, 0) is 15.6 Å². The molecule has 0 atom stereocenters. The Morgan fingerprint density at radius 1 is 1.56 bits per heavy atom. The molecule has 0 saturated carbocycles. The maximum atomic E-state index is 3.96. The van der Waals surface area contributed by atoms with E-state index in [9.17, 15) is 0 Å². The van der Waals surface area contributed by atoms with Gasteiger partial charge in [0.05, 0.1) is 12.0 Å². The van der Waals surface area contributed by atoms with E-state index in [0.29, 0.717) is 0 Å².